The van der Waals surface area contributed by atoms with Gasteiger partial charge in [-0.25, -0.2) is 14.4 Å². The Morgan fingerprint density at radius 3 is 2.80 bits per heavy atom. The van der Waals surface area contributed by atoms with Gasteiger partial charge in [0.25, 0.3) is 0 Å². The van der Waals surface area contributed by atoms with Crippen molar-refractivity contribution in [2.45, 2.75) is 33.2 Å². The topological polar surface area (TPSA) is 63.8 Å². The van der Waals surface area contributed by atoms with Gasteiger partial charge in [-0.3, -0.25) is 0 Å². The molecule has 0 fully saturated rings. The Labute approximate surface area is 118 Å². The van der Waals surface area contributed by atoms with Gasteiger partial charge in [-0.1, -0.05) is 19.1 Å². The maximum absolute atomic E-state index is 13.1. The first-order chi connectivity index (χ1) is 9.60. The lowest BCUT2D eigenvalue weighted by atomic mass is 10.2. The third-order valence-electron chi connectivity index (χ3n) is 3.05. The van der Waals surface area contributed by atoms with E-state index in [0.717, 1.165) is 29.8 Å². The quantitative estimate of drug-likeness (QED) is 0.879. The van der Waals surface area contributed by atoms with Crippen molar-refractivity contribution < 1.29 is 4.39 Å². The molecule has 1 aromatic heterocycles. The molecule has 0 aliphatic carbocycles. The molecule has 4 nitrogen and oxygen atoms in total. The monoisotopic (exact) mass is 274 g/mol. The van der Waals surface area contributed by atoms with E-state index in [1.54, 1.807) is 6.07 Å². The van der Waals surface area contributed by atoms with Crippen LogP contribution in [0.3, 0.4) is 0 Å². The van der Waals surface area contributed by atoms with Crippen LogP contribution >= 0.6 is 0 Å². The maximum atomic E-state index is 13.1. The van der Waals surface area contributed by atoms with Gasteiger partial charge in [0.2, 0.25) is 0 Å². The van der Waals surface area contributed by atoms with E-state index in [2.05, 4.69) is 22.2 Å². The minimum atomic E-state index is -0.241. The molecule has 106 valence electrons. The number of nitrogens with two attached hydrogens (primary N) is 1. The van der Waals surface area contributed by atoms with E-state index in [9.17, 15) is 4.39 Å². The zero-order valence-corrected chi connectivity index (χ0v) is 11.8. The Morgan fingerprint density at radius 1 is 1.30 bits per heavy atom. The first-order valence-corrected chi connectivity index (χ1v) is 6.71. The summed E-state index contributed by atoms with van der Waals surface area (Å²) in [7, 11) is 0. The minimum absolute atomic E-state index is 0.241. The Hall–Kier alpha value is -2.17. The number of hydrogen-bond donors (Lipinski definition) is 2. The highest BCUT2D eigenvalue weighted by Crippen LogP contribution is 2.18. The second kappa shape index (κ2) is 6.32. The van der Waals surface area contributed by atoms with Crippen LogP contribution in [-0.2, 0) is 13.0 Å². The van der Waals surface area contributed by atoms with Gasteiger partial charge in [0.05, 0.1) is 0 Å². The summed E-state index contributed by atoms with van der Waals surface area (Å²) in [5.41, 5.74) is 7.57. The van der Waals surface area contributed by atoms with Gasteiger partial charge in [0.15, 0.2) is 0 Å². The van der Waals surface area contributed by atoms with Crippen molar-refractivity contribution in [3.8, 4) is 0 Å². The number of aromatic nitrogens is 2. The van der Waals surface area contributed by atoms with Gasteiger partial charge in [-0.05, 0) is 31.0 Å². The Bertz CT molecular complexity index is 598. The molecule has 5 heteroatoms. The number of benzene rings is 1. The molecule has 0 radical (unpaired) electrons. The predicted octanol–water partition coefficient (Wildman–Crippen LogP) is 3.07. The lowest BCUT2D eigenvalue weighted by Crippen LogP contribution is -2.09. The Kier molecular flexibility index (Phi) is 4.50. The van der Waals surface area contributed by atoms with Crippen molar-refractivity contribution in [1.29, 1.82) is 0 Å². The summed E-state index contributed by atoms with van der Waals surface area (Å²) in [6, 6.07) is 6.48. The number of halogens is 1. The molecule has 3 N–H and O–H groups in total. The van der Waals surface area contributed by atoms with Crippen LogP contribution in [0.4, 0.5) is 16.0 Å². The van der Waals surface area contributed by atoms with Crippen LogP contribution in [0.15, 0.2) is 24.3 Å². The van der Waals surface area contributed by atoms with Gasteiger partial charge in [-0.2, -0.15) is 0 Å². The zero-order chi connectivity index (χ0) is 14.5. The number of aryl methyl sites for hydroxylation is 1. The number of hydrogen-bond acceptors (Lipinski definition) is 4. The fourth-order valence-corrected chi connectivity index (χ4v) is 1.92. The first-order valence-electron chi connectivity index (χ1n) is 6.71. The third-order valence-corrected chi connectivity index (χ3v) is 3.05. The lowest BCUT2D eigenvalue weighted by molar-refractivity contribution is 0.626. The average Bonchev–Trinajstić information content (AvgIpc) is 2.41. The Balaban J connectivity index is 2.16. The summed E-state index contributed by atoms with van der Waals surface area (Å²) < 4.78 is 13.1. The molecule has 0 amide bonds. The second-order valence-corrected chi connectivity index (χ2v) is 4.73. The van der Waals surface area contributed by atoms with E-state index in [0.29, 0.717) is 18.2 Å². The van der Waals surface area contributed by atoms with E-state index in [1.807, 2.05) is 13.0 Å². The molecule has 0 saturated carbocycles. The van der Waals surface area contributed by atoms with Gasteiger partial charge in [0, 0.05) is 18.5 Å². The van der Waals surface area contributed by atoms with Crippen molar-refractivity contribution >= 4 is 11.6 Å². The normalized spacial score (nSPS) is 10.6. The Morgan fingerprint density at radius 2 is 2.10 bits per heavy atom. The predicted molar refractivity (Wildman–Crippen MR) is 78.9 cm³/mol. The molecule has 0 aliphatic heterocycles. The summed E-state index contributed by atoms with van der Waals surface area (Å²) in [6.45, 7) is 4.44. The van der Waals surface area contributed by atoms with E-state index in [-0.39, 0.29) is 5.82 Å². The number of rotatable bonds is 5. The highest BCUT2D eigenvalue weighted by atomic mass is 19.1. The average molecular weight is 274 g/mol. The molecule has 1 heterocycles. The second-order valence-electron chi connectivity index (χ2n) is 4.73. The number of nitrogens with one attached hydrogen (secondary N) is 1. The molecule has 0 unspecified atom stereocenters. The summed E-state index contributed by atoms with van der Waals surface area (Å²) in [6.07, 6.45) is 1.75. The molecule has 0 spiro atoms. The zero-order valence-electron chi connectivity index (χ0n) is 11.8. The van der Waals surface area contributed by atoms with Crippen molar-refractivity contribution in [2.75, 3.05) is 11.1 Å². The molecule has 0 atom stereocenters. The fourth-order valence-electron chi connectivity index (χ4n) is 1.92. The van der Waals surface area contributed by atoms with Gasteiger partial charge >= 0.3 is 0 Å². The number of nitrogens with zero attached hydrogens (tertiary/aromatic N) is 2. The minimum Gasteiger partial charge on any atom is -0.383 e. The molecular formula is C15H19FN4. The van der Waals surface area contributed by atoms with Crippen molar-refractivity contribution in [1.82, 2.24) is 9.97 Å². The van der Waals surface area contributed by atoms with Crippen molar-refractivity contribution in [3.05, 3.63) is 47.0 Å². The summed E-state index contributed by atoms with van der Waals surface area (Å²) in [5, 5.41) is 3.20. The van der Waals surface area contributed by atoms with E-state index < -0.39 is 0 Å². The third kappa shape index (κ3) is 3.44. The van der Waals surface area contributed by atoms with Crippen LogP contribution in [-0.4, -0.2) is 9.97 Å². The summed E-state index contributed by atoms with van der Waals surface area (Å²) in [4.78, 5) is 8.72. The molecule has 0 bridgehead atoms. The van der Waals surface area contributed by atoms with Crippen molar-refractivity contribution in [2.24, 2.45) is 0 Å². The molecule has 0 saturated heterocycles. The fraction of sp³-hybridized carbons (Fsp3) is 0.333. The molecule has 2 aromatic rings. The SMILES string of the molecule is CCCc1nc(N)c(C)c(NCc2cccc(F)c2)n1. The number of nitrogen functional groups attached to an aromatic ring is 1. The molecule has 1 aromatic carbocycles. The van der Waals surface area contributed by atoms with Crippen LogP contribution in [0.1, 0.15) is 30.3 Å². The van der Waals surface area contributed by atoms with Crippen LogP contribution in [0.2, 0.25) is 0 Å². The van der Waals surface area contributed by atoms with Crippen molar-refractivity contribution in [3.63, 3.8) is 0 Å². The smallest absolute Gasteiger partial charge is 0.135 e. The van der Waals surface area contributed by atoms with E-state index in [1.165, 1.54) is 12.1 Å². The standard InChI is InChI=1S/C15H19FN4/c1-3-5-13-19-14(17)10(2)15(20-13)18-9-11-6-4-7-12(16)8-11/h4,6-8H,3,5,9H2,1-2H3,(H3,17,18,19,20). The van der Waals surface area contributed by atoms with Gasteiger partial charge in [0.1, 0.15) is 23.3 Å². The van der Waals surface area contributed by atoms with Gasteiger partial charge in [-0.15, -0.1) is 0 Å². The highest BCUT2D eigenvalue weighted by molar-refractivity contribution is 5.55. The van der Waals surface area contributed by atoms with Crippen LogP contribution in [0.25, 0.3) is 0 Å². The van der Waals surface area contributed by atoms with Crippen LogP contribution in [0, 0.1) is 12.7 Å². The highest BCUT2D eigenvalue weighted by Gasteiger charge is 2.08. The molecular weight excluding hydrogens is 255 g/mol. The molecule has 20 heavy (non-hydrogen) atoms. The maximum Gasteiger partial charge on any atom is 0.135 e. The largest absolute Gasteiger partial charge is 0.383 e. The van der Waals surface area contributed by atoms with Crippen LogP contribution in [0.5, 0.6) is 0 Å². The molecule has 2 rings (SSSR count). The van der Waals surface area contributed by atoms with E-state index >= 15 is 0 Å². The molecule has 0 aliphatic rings. The summed E-state index contributed by atoms with van der Waals surface area (Å²) >= 11 is 0. The summed E-state index contributed by atoms with van der Waals surface area (Å²) in [5.74, 6) is 1.70. The number of anilines is 2. The lowest BCUT2D eigenvalue weighted by Gasteiger charge is -2.12. The first kappa shape index (κ1) is 14.2. The van der Waals surface area contributed by atoms with E-state index in [4.69, 9.17) is 5.73 Å². The van der Waals surface area contributed by atoms with Gasteiger partial charge < -0.3 is 11.1 Å². The van der Waals surface area contributed by atoms with Crippen LogP contribution < -0.4 is 11.1 Å².